The summed E-state index contributed by atoms with van der Waals surface area (Å²) in [5.74, 6) is 0.341. The van der Waals surface area contributed by atoms with Crippen LogP contribution in [0.25, 0.3) is 0 Å². The third-order valence-electron chi connectivity index (χ3n) is 5.15. The van der Waals surface area contributed by atoms with Crippen LogP contribution in [0.1, 0.15) is 38.3 Å². The highest BCUT2D eigenvalue weighted by Gasteiger charge is 2.39. The highest BCUT2D eigenvalue weighted by Crippen LogP contribution is 2.45. The van der Waals surface area contributed by atoms with E-state index in [2.05, 4.69) is 12.2 Å². The van der Waals surface area contributed by atoms with Gasteiger partial charge in [0.2, 0.25) is 5.91 Å². The zero-order chi connectivity index (χ0) is 18.3. The van der Waals surface area contributed by atoms with Crippen LogP contribution in [-0.4, -0.2) is 11.7 Å². The standard InChI is InChI=1S/C22H22N2O2/c1-14-12-18-21(20(26)13-14)22(16-8-4-3-5-9-16)24(15(2)25)19-11-7-6-10-17(19)23-18/h3-11,14,22-23H,12-13H2,1-2H3/t14-,22-/m0/s1. The monoisotopic (exact) mass is 346 g/mol. The predicted molar refractivity (Wildman–Crippen MR) is 103 cm³/mol. The van der Waals surface area contributed by atoms with Crippen molar-refractivity contribution < 1.29 is 9.59 Å². The molecule has 0 bridgehead atoms. The third-order valence-corrected chi connectivity index (χ3v) is 5.15. The predicted octanol–water partition coefficient (Wildman–Crippen LogP) is 4.46. The lowest BCUT2D eigenvalue weighted by atomic mass is 9.81. The van der Waals surface area contributed by atoms with E-state index in [0.29, 0.717) is 12.3 Å². The molecule has 4 nitrogen and oxygen atoms in total. The molecular weight excluding hydrogens is 324 g/mol. The lowest BCUT2D eigenvalue weighted by molar-refractivity contribution is -0.117. The number of fused-ring (bicyclic) bond motifs is 1. The Kier molecular flexibility index (Phi) is 4.11. The van der Waals surface area contributed by atoms with Gasteiger partial charge in [-0.15, -0.1) is 0 Å². The van der Waals surface area contributed by atoms with Crippen molar-refractivity contribution in [2.75, 3.05) is 10.2 Å². The number of para-hydroxylation sites is 2. The zero-order valence-electron chi connectivity index (χ0n) is 15.0. The first-order chi connectivity index (χ1) is 12.6. The van der Waals surface area contributed by atoms with Crippen LogP contribution in [0.4, 0.5) is 11.4 Å². The van der Waals surface area contributed by atoms with Crippen molar-refractivity contribution in [1.29, 1.82) is 0 Å². The normalized spacial score (nSPS) is 22.2. The van der Waals surface area contributed by atoms with Crippen molar-refractivity contribution >= 4 is 23.1 Å². The molecule has 0 saturated carbocycles. The fourth-order valence-corrected chi connectivity index (χ4v) is 4.08. The number of rotatable bonds is 1. The molecule has 4 rings (SSSR count). The van der Waals surface area contributed by atoms with Crippen LogP contribution in [0.15, 0.2) is 65.9 Å². The van der Waals surface area contributed by atoms with Crippen LogP contribution < -0.4 is 10.2 Å². The number of allylic oxidation sites excluding steroid dienone is 1. The Morgan fingerprint density at radius 1 is 1.04 bits per heavy atom. The Hall–Kier alpha value is -2.88. The number of benzene rings is 2. The Morgan fingerprint density at radius 3 is 2.46 bits per heavy atom. The van der Waals surface area contributed by atoms with Gasteiger partial charge >= 0.3 is 0 Å². The molecule has 2 aromatic carbocycles. The third kappa shape index (κ3) is 2.71. The molecule has 0 spiro atoms. The summed E-state index contributed by atoms with van der Waals surface area (Å²) < 4.78 is 0. The van der Waals surface area contributed by atoms with Gasteiger partial charge in [-0.25, -0.2) is 0 Å². The van der Waals surface area contributed by atoms with Gasteiger partial charge in [-0.2, -0.15) is 0 Å². The van der Waals surface area contributed by atoms with Crippen LogP contribution in [0, 0.1) is 5.92 Å². The Bertz CT molecular complexity index is 901. The second kappa shape index (κ2) is 6.45. The van der Waals surface area contributed by atoms with Gasteiger partial charge in [-0.3, -0.25) is 14.5 Å². The lowest BCUT2D eigenvalue weighted by Crippen LogP contribution is -2.37. The summed E-state index contributed by atoms with van der Waals surface area (Å²) in [5.41, 5.74) is 4.30. The summed E-state index contributed by atoms with van der Waals surface area (Å²) >= 11 is 0. The number of carbonyl (C=O) groups is 2. The largest absolute Gasteiger partial charge is 0.357 e. The molecule has 26 heavy (non-hydrogen) atoms. The summed E-state index contributed by atoms with van der Waals surface area (Å²) in [4.78, 5) is 27.5. The number of ketones is 1. The average molecular weight is 346 g/mol. The molecule has 4 heteroatoms. The average Bonchev–Trinajstić information content (AvgIpc) is 2.76. The highest BCUT2D eigenvalue weighted by molar-refractivity contribution is 6.05. The topological polar surface area (TPSA) is 49.4 Å². The molecular formula is C22H22N2O2. The molecule has 1 N–H and O–H groups in total. The number of carbonyl (C=O) groups excluding carboxylic acids is 2. The molecule has 1 amide bonds. The van der Waals surface area contributed by atoms with E-state index in [1.807, 2.05) is 54.6 Å². The van der Waals surface area contributed by atoms with E-state index >= 15 is 0 Å². The van der Waals surface area contributed by atoms with Crippen molar-refractivity contribution in [3.63, 3.8) is 0 Å². The minimum Gasteiger partial charge on any atom is -0.357 e. The van der Waals surface area contributed by atoms with Gasteiger partial charge in [-0.05, 0) is 30.0 Å². The first-order valence-electron chi connectivity index (χ1n) is 9.03. The van der Waals surface area contributed by atoms with Gasteiger partial charge in [0.05, 0.1) is 17.4 Å². The SMILES string of the molecule is CC(=O)N1c2ccccc2NC2=C(C(=O)C[C@@H](C)C2)[C@@H]1c1ccccc1. The van der Waals surface area contributed by atoms with Crippen LogP contribution in [0.5, 0.6) is 0 Å². The number of nitrogens with one attached hydrogen (secondary N) is 1. The van der Waals surface area contributed by atoms with Gasteiger partial charge in [0.1, 0.15) is 0 Å². The maximum atomic E-state index is 13.1. The fourth-order valence-electron chi connectivity index (χ4n) is 4.08. The second-order valence-corrected chi connectivity index (χ2v) is 7.17. The van der Waals surface area contributed by atoms with Crippen molar-refractivity contribution in [2.45, 2.75) is 32.7 Å². The molecule has 132 valence electrons. The van der Waals surface area contributed by atoms with E-state index in [1.54, 1.807) is 11.8 Å². The van der Waals surface area contributed by atoms with Gasteiger partial charge < -0.3 is 5.32 Å². The van der Waals surface area contributed by atoms with E-state index < -0.39 is 6.04 Å². The second-order valence-electron chi connectivity index (χ2n) is 7.17. The van der Waals surface area contributed by atoms with E-state index in [0.717, 1.165) is 34.6 Å². The minimum absolute atomic E-state index is 0.0757. The van der Waals surface area contributed by atoms with Gasteiger partial charge in [0.25, 0.3) is 0 Å². The first-order valence-corrected chi connectivity index (χ1v) is 9.03. The smallest absolute Gasteiger partial charge is 0.224 e. The summed E-state index contributed by atoms with van der Waals surface area (Å²) in [6.07, 6.45) is 1.33. The zero-order valence-corrected chi connectivity index (χ0v) is 15.0. The number of Topliss-reactive ketones (excluding diaryl/α,β-unsaturated/α-hetero) is 1. The lowest BCUT2D eigenvalue weighted by Gasteiger charge is -2.34. The molecule has 2 aromatic rings. The van der Waals surface area contributed by atoms with Crippen molar-refractivity contribution in [3.8, 4) is 0 Å². The number of hydrogen-bond acceptors (Lipinski definition) is 3. The molecule has 0 aromatic heterocycles. The number of amides is 1. The molecule has 0 saturated heterocycles. The van der Waals surface area contributed by atoms with Crippen LogP contribution in [0.2, 0.25) is 0 Å². The molecule has 0 unspecified atom stereocenters. The molecule has 0 fully saturated rings. The van der Waals surface area contributed by atoms with Crippen LogP contribution in [0.3, 0.4) is 0 Å². The van der Waals surface area contributed by atoms with E-state index in [1.165, 1.54) is 0 Å². The Labute approximate surface area is 153 Å². The highest BCUT2D eigenvalue weighted by atomic mass is 16.2. The molecule has 2 aliphatic rings. The first kappa shape index (κ1) is 16.6. The molecule has 2 atom stereocenters. The fraction of sp³-hybridized carbons (Fsp3) is 0.273. The van der Waals surface area contributed by atoms with Gasteiger partial charge in [0.15, 0.2) is 5.78 Å². The van der Waals surface area contributed by atoms with Crippen molar-refractivity contribution in [3.05, 3.63) is 71.4 Å². The minimum atomic E-state index is -0.403. The van der Waals surface area contributed by atoms with E-state index in [9.17, 15) is 9.59 Å². The quantitative estimate of drug-likeness (QED) is 0.829. The molecule has 1 heterocycles. The summed E-state index contributed by atoms with van der Waals surface area (Å²) in [7, 11) is 0. The maximum Gasteiger partial charge on any atom is 0.224 e. The van der Waals surface area contributed by atoms with Crippen molar-refractivity contribution in [1.82, 2.24) is 0 Å². The summed E-state index contributed by atoms with van der Waals surface area (Å²) in [6.45, 7) is 3.66. The van der Waals surface area contributed by atoms with Crippen LogP contribution in [-0.2, 0) is 9.59 Å². The Morgan fingerprint density at radius 2 is 1.73 bits per heavy atom. The van der Waals surface area contributed by atoms with Gasteiger partial charge in [-0.1, -0.05) is 49.4 Å². The number of anilines is 2. The van der Waals surface area contributed by atoms with Crippen LogP contribution >= 0.6 is 0 Å². The summed E-state index contributed by atoms with van der Waals surface area (Å²) in [6, 6.07) is 17.2. The van der Waals surface area contributed by atoms with E-state index in [-0.39, 0.29) is 11.7 Å². The molecule has 0 radical (unpaired) electrons. The maximum absolute atomic E-state index is 13.1. The van der Waals surface area contributed by atoms with Crippen molar-refractivity contribution in [2.24, 2.45) is 5.92 Å². The molecule has 1 aliphatic carbocycles. The van der Waals surface area contributed by atoms with Gasteiger partial charge in [0, 0.05) is 24.6 Å². The number of nitrogens with zero attached hydrogens (tertiary/aromatic N) is 1. The Balaban J connectivity index is 2.00. The molecule has 1 aliphatic heterocycles. The number of hydrogen-bond donors (Lipinski definition) is 1. The van der Waals surface area contributed by atoms with E-state index in [4.69, 9.17) is 0 Å². The summed E-state index contributed by atoms with van der Waals surface area (Å²) in [5, 5.41) is 3.47.